The highest BCUT2D eigenvalue weighted by atomic mass is 16.5. The highest BCUT2D eigenvalue weighted by Gasteiger charge is 2.27. The van der Waals surface area contributed by atoms with Crippen molar-refractivity contribution in [3.8, 4) is 6.07 Å². The molecular weight excluding hydrogens is 304 g/mol. The fourth-order valence-electron chi connectivity index (χ4n) is 3.38. The minimum atomic E-state index is 0.139. The van der Waals surface area contributed by atoms with E-state index < -0.39 is 0 Å². The Labute approximate surface area is 143 Å². The molecule has 1 amide bonds. The Hall–Kier alpha value is -2.10. The number of carbonyl (C=O) groups is 1. The van der Waals surface area contributed by atoms with E-state index in [1.165, 1.54) is 0 Å². The molecular formula is C18H24N4O2. The number of hydrogen-bond acceptors (Lipinski definition) is 5. The third kappa shape index (κ3) is 4.25. The van der Waals surface area contributed by atoms with Gasteiger partial charge in [-0.1, -0.05) is 0 Å². The largest absolute Gasteiger partial charge is 0.379 e. The van der Waals surface area contributed by atoms with Crippen LogP contribution in [0.2, 0.25) is 0 Å². The van der Waals surface area contributed by atoms with Crippen LogP contribution < -0.4 is 5.32 Å². The minimum absolute atomic E-state index is 0.139. The van der Waals surface area contributed by atoms with Crippen molar-refractivity contribution in [3.63, 3.8) is 0 Å². The SMILES string of the molecule is N#Cc1ccc(NCC(=O)N2CCC(N3CCOCC3)CC2)cc1. The Morgan fingerprint density at radius 3 is 2.46 bits per heavy atom. The van der Waals surface area contributed by atoms with E-state index in [0.29, 0.717) is 18.2 Å². The lowest BCUT2D eigenvalue weighted by Gasteiger charge is -2.40. The summed E-state index contributed by atoms with van der Waals surface area (Å²) in [6, 6.07) is 9.84. The zero-order valence-corrected chi connectivity index (χ0v) is 13.9. The lowest BCUT2D eigenvalue weighted by molar-refractivity contribution is -0.131. The summed E-state index contributed by atoms with van der Waals surface area (Å²) in [6.07, 6.45) is 2.09. The third-order valence-corrected chi connectivity index (χ3v) is 4.84. The average molecular weight is 328 g/mol. The van der Waals surface area contributed by atoms with E-state index in [-0.39, 0.29) is 5.91 Å². The second-order valence-electron chi connectivity index (χ2n) is 6.30. The molecule has 0 aliphatic carbocycles. The number of hydrogen-bond donors (Lipinski definition) is 1. The summed E-state index contributed by atoms with van der Waals surface area (Å²) in [4.78, 5) is 16.8. The molecule has 2 heterocycles. The van der Waals surface area contributed by atoms with Gasteiger partial charge in [0, 0.05) is 37.9 Å². The number of morpholine rings is 1. The second kappa shape index (κ2) is 8.13. The number of benzene rings is 1. The Bertz CT molecular complexity index is 582. The number of amides is 1. The summed E-state index contributed by atoms with van der Waals surface area (Å²) >= 11 is 0. The van der Waals surface area contributed by atoms with Gasteiger partial charge in [0.05, 0.1) is 31.4 Å². The Balaban J connectivity index is 1.42. The van der Waals surface area contributed by atoms with Crippen LogP contribution in [0.25, 0.3) is 0 Å². The number of likely N-dealkylation sites (tertiary alicyclic amines) is 1. The second-order valence-corrected chi connectivity index (χ2v) is 6.30. The van der Waals surface area contributed by atoms with Crippen molar-refractivity contribution in [1.82, 2.24) is 9.80 Å². The van der Waals surface area contributed by atoms with Crippen molar-refractivity contribution >= 4 is 11.6 Å². The predicted octanol–water partition coefficient (Wildman–Crippen LogP) is 1.29. The molecule has 3 rings (SSSR count). The molecule has 0 bridgehead atoms. The van der Waals surface area contributed by atoms with Crippen LogP contribution in [0.5, 0.6) is 0 Å². The molecule has 1 aromatic rings. The lowest BCUT2D eigenvalue weighted by atomic mass is 10.0. The number of ether oxygens (including phenoxy) is 1. The molecule has 0 unspecified atom stereocenters. The number of nitriles is 1. The van der Waals surface area contributed by atoms with Gasteiger partial charge < -0.3 is 15.0 Å². The van der Waals surface area contributed by atoms with E-state index in [2.05, 4.69) is 16.3 Å². The number of anilines is 1. The Kier molecular flexibility index (Phi) is 5.68. The van der Waals surface area contributed by atoms with Gasteiger partial charge in [-0.05, 0) is 37.1 Å². The predicted molar refractivity (Wildman–Crippen MR) is 91.6 cm³/mol. The quantitative estimate of drug-likeness (QED) is 0.902. The van der Waals surface area contributed by atoms with Crippen molar-refractivity contribution in [2.24, 2.45) is 0 Å². The molecule has 1 aromatic carbocycles. The van der Waals surface area contributed by atoms with Crippen LogP contribution in [-0.2, 0) is 9.53 Å². The molecule has 128 valence electrons. The molecule has 2 aliphatic rings. The van der Waals surface area contributed by atoms with Gasteiger partial charge in [0.25, 0.3) is 0 Å². The van der Waals surface area contributed by atoms with E-state index in [9.17, 15) is 4.79 Å². The maximum atomic E-state index is 12.4. The summed E-state index contributed by atoms with van der Waals surface area (Å²) in [7, 11) is 0. The third-order valence-electron chi connectivity index (χ3n) is 4.84. The molecule has 2 fully saturated rings. The van der Waals surface area contributed by atoms with Crippen LogP contribution in [0.3, 0.4) is 0 Å². The van der Waals surface area contributed by atoms with Gasteiger partial charge in [-0.15, -0.1) is 0 Å². The van der Waals surface area contributed by atoms with Crippen LogP contribution in [0.15, 0.2) is 24.3 Å². The smallest absolute Gasteiger partial charge is 0.241 e. The molecule has 1 N–H and O–H groups in total. The van der Waals surface area contributed by atoms with Crippen molar-refractivity contribution in [1.29, 1.82) is 5.26 Å². The molecule has 0 spiro atoms. The van der Waals surface area contributed by atoms with Gasteiger partial charge in [-0.25, -0.2) is 0 Å². The first kappa shape index (κ1) is 16.7. The van der Waals surface area contributed by atoms with Gasteiger partial charge in [0.2, 0.25) is 5.91 Å². The van der Waals surface area contributed by atoms with Gasteiger partial charge in [-0.3, -0.25) is 9.69 Å². The summed E-state index contributed by atoms with van der Waals surface area (Å²) in [5, 5.41) is 11.9. The normalized spacial score (nSPS) is 19.7. The van der Waals surface area contributed by atoms with E-state index in [4.69, 9.17) is 10.00 Å². The fraction of sp³-hybridized carbons (Fsp3) is 0.556. The van der Waals surface area contributed by atoms with Gasteiger partial charge in [-0.2, -0.15) is 5.26 Å². The van der Waals surface area contributed by atoms with Crippen LogP contribution in [0.1, 0.15) is 18.4 Å². The van der Waals surface area contributed by atoms with Crippen molar-refractivity contribution in [3.05, 3.63) is 29.8 Å². The molecule has 6 heteroatoms. The molecule has 0 atom stereocenters. The first-order chi connectivity index (χ1) is 11.8. The van der Waals surface area contributed by atoms with E-state index in [1.54, 1.807) is 12.1 Å². The topological polar surface area (TPSA) is 68.6 Å². The number of rotatable bonds is 4. The Morgan fingerprint density at radius 1 is 1.17 bits per heavy atom. The molecule has 2 aliphatic heterocycles. The van der Waals surface area contributed by atoms with Crippen molar-refractivity contribution in [2.75, 3.05) is 51.3 Å². The van der Waals surface area contributed by atoms with Gasteiger partial charge >= 0.3 is 0 Å². The average Bonchev–Trinajstić information content (AvgIpc) is 2.67. The van der Waals surface area contributed by atoms with Crippen molar-refractivity contribution < 1.29 is 9.53 Å². The molecule has 0 radical (unpaired) electrons. The zero-order valence-electron chi connectivity index (χ0n) is 13.9. The van der Waals surface area contributed by atoms with Crippen LogP contribution >= 0.6 is 0 Å². The molecule has 6 nitrogen and oxygen atoms in total. The number of piperidine rings is 1. The first-order valence-corrected chi connectivity index (χ1v) is 8.60. The molecule has 0 saturated carbocycles. The van der Waals surface area contributed by atoms with E-state index in [1.807, 2.05) is 17.0 Å². The summed E-state index contributed by atoms with van der Waals surface area (Å²) in [5.74, 6) is 0.139. The number of carbonyl (C=O) groups excluding carboxylic acids is 1. The highest BCUT2D eigenvalue weighted by molar-refractivity contribution is 5.81. The minimum Gasteiger partial charge on any atom is -0.379 e. The summed E-state index contributed by atoms with van der Waals surface area (Å²) in [5.41, 5.74) is 1.49. The summed E-state index contributed by atoms with van der Waals surface area (Å²) < 4.78 is 5.41. The Morgan fingerprint density at radius 2 is 1.83 bits per heavy atom. The fourth-order valence-corrected chi connectivity index (χ4v) is 3.38. The lowest BCUT2D eigenvalue weighted by Crippen LogP contribution is -2.50. The van der Waals surface area contributed by atoms with Crippen LogP contribution in [0.4, 0.5) is 5.69 Å². The van der Waals surface area contributed by atoms with Gasteiger partial charge in [0.15, 0.2) is 0 Å². The maximum absolute atomic E-state index is 12.4. The number of nitrogens with one attached hydrogen (secondary N) is 1. The highest BCUT2D eigenvalue weighted by Crippen LogP contribution is 2.18. The zero-order chi connectivity index (χ0) is 16.8. The molecule has 2 saturated heterocycles. The standard InChI is InChI=1S/C18H24N4O2/c19-13-15-1-3-16(4-2-15)20-14-18(23)22-7-5-17(6-8-22)21-9-11-24-12-10-21/h1-4,17,20H,5-12,14H2. The van der Waals surface area contributed by atoms with E-state index in [0.717, 1.165) is 57.9 Å². The summed E-state index contributed by atoms with van der Waals surface area (Å²) in [6.45, 7) is 5.64. The van der Waals surface area contributed by atoms with Crippen LogP contribution in [-0.4, -0.2) is 67.7 Å². The van der Waals surface area contributed by atoms with Gasteiger partial charge in [0.1, 0.15) is 0 Å². The maximum Gasteiger partial charge on any atom is 0.241 e. The first-order valence-electron chi connectivity index (χ1n) is 8.60. The monoisotopic (exact) mass is 328 g/mol. The number of nitrogens with zero attached hydrogens (tertiary/aromatic N) is 3. The molecule has 24 heavy (non-hydrogen) atoms. The van der Waals surface area contributed by atoms with Crippen LogP contribution in [0, 0.1) is 11.3 Å². The van der Waals surface area contributed by atoms with Crippen molar-refractivity contribution in [2.45, 2.75) is 18.9 Å². The van der Waals surface area contributed by atoms with E-state index >= 15 is 0 Å². The molecule has 0 aromatic heterocycles.